The van der Waals surface area contributed by atoms with Crippen molar-refractivity contribution in [3.8, 4) is 11.5 Å². The molecule has 0 amide bonds. The Labute approximate surface area is 114 Å². The molecule has 19 heavy (non-hydrogen) atoms. The molecule has 2 aliphatic rings. The van der Waals surface area contributed by atoms with Crippen LogP contribution in [0.5, 0.6) is 11.5 Å². The lowest BCUT2D eigenvalue weighted by atomic mass is 9.73. The molecule has 1 fully saturated rings. The van der Waals surface area contributed by atoms with Gasteiger partial charge in [-0.1, -0.05) is 0 Å². The Kier molecular flexibility index (Phi) is 3.15. The number of nitrogens with two attached hydrogens (primary N) is 1. The summed E-state index contributed by atoms with van der Waals surface area (Å²) in [5, 5.41) is 0. The van der Waals surface area contributed by atoms with Crippen molar-refractivity contribution in [1.29, 1.82) is 0 Å². The molecule has 104 valence electrons. The van der Waals surface area contributed by atoms with Gasteiger partial charge in [-0.05, 0) is 63.0 Å². The first kappa shape index (κ1) is 12.8. The summed E-state index contributed by atoms with van der Waals surface area (Å²) < 4.78 is 10.9. The van der Waals surface area contributed by atoms with Crippen LogP contribution < -0.4 is 15.2 Å². The lowest BCUT2D eigenvalue weighted by Gasteiger charge is -2.42. The van der Waals surface area contributed by atoms with Gasteiger partial charge >= 0.3 is 0 Å². The number of aryl methyl sites for hydroxylation is 1. The topological polar surface area (TPSA) is 47.7 Å². The quantitative estimate of drug-likeness (QED) is 0.906. The van der Waals surface area contributed by atoms with Crippen LogP contribution in [0.15, 0.2) is 12.1 Å². The fourth-order valence-electron chi connectivity index (χ4n) is 3.30. The molecule has 3 rings (SSSR count). The SMILES string of the molecule is Cc1cc2c(cc1C(C1CC(N)C1)N(C)C)OCO2. The molecular weight excluding hydrogens is 240 g/mol. The Bertz CT molecular complexity index is 481. The average molecular weight is 262 g/mol. The highest BCUT2D eigenvalue weighted by Crippen LogP contribution is 2.44. The third-order valence-corrected chi connectivity index (χ3v) is 4.29. The van der Waals surface area contributed by atoms with Gasteiger partial charge < -0.3 is 20.1 Å². The third kappa shape index (κ3) is 2.19. The number of nitrogens with zero attached hydrogens (tertiary/aromatic N) is 1. The molecule has 4 nitrogen and oxygen atoms in total. The molecule has 1 atom stereocenters. The standard InChI is InChI=1S/C15H22N2O2/c1-9-4-13-14(19-8-18-13)7-12(9)15(17(2)3)10-5-11(16)6-10/h4,7,10-11,15H,5-6,8,16H2,1-3H3. The lowest BCUT2D eigenvalue weighted by molar-refractivity contribution is 0.122. The van der Waals surface area contributed by atoms with Crippen LogP contribution in [0, 0.1) is 12.8 Å². The Hall–Kier alpha value is -1.26. The van der Waals surface area contributed by atoms with E-state index in [1.807, 2.05) is 0 Å². The molecule has 1 aliphatic carbocycles. The molecule has 0 aromatic heterocycles. The van der Waals surface area contributed by atoms with Gasteiger partial charge in [-0.15, -0.1) is 0 Å². The smallest absolute Gasteiger partial charge is 0.231 e. The van der Waals surface area contributed by atoms with E-state index in [1.54, 1.807) is 0 Å². The van der Waals surface area contributed by atoms with Gasteiger partial charge in [-0.2, -0.15) is 0 Å². The highest BCUT2D eigenvalue weighted by molar-refractivity contribution is 5.49. The van der Waals surface area contributed by atoms with Gasteiger partial charge in [0.25, 0.3) is 0 Å². The van der Waals surface area contributed by atoms with E-state index in [0.717, 1.165) is 24.3 Å². The molecule has 0 radical (unpaired) electrons. The Morgan fingerprint density at radius 1 is 1.21 bits per heavy atom. The van der Waals surface area contributed by atoms with Gasteiger partial charge in [-0.25, -0.2) is 0 Å². The summed E-state index contributed by atoms with van der Waals surface area (Å²) in [5.74, 6) is 2.38. The molecule has 1 saturated carbocycles. The zero-order valence-electron chi connectivity index (χ0n) is 11.8. The van der Waals surface area contributed by atoms with Crippen molar-refractivity contribution in [2.24, 2.45) is 11.7 Å². The van der Waals surface area contributed by atoms with Crippen LogP contribution in [0.3, 0.4) is 0 Å². The minimum Gasteiger partial charge on any atom is -0.454 e. The van der Waals surface area contributed by atoms with Crippen molar-refractivity contribution < 1.29 is 9.47 Å². The van der Waals surface area contributed by atoms with E-state index in [2.05, 4.69) is 38.1 Å². The van der Waals surface area contributed by atoms with Crippen LogP contribution in [0.1, 0.15) is 30.0 Å². The van der Waals surface area contributed by atoms with Gasteiger partial charge in [0, 0.05) is 12.1 Å². The van der Waals surface area contributed by atoms with Gasteiger partial charge in [0.05, 0.1) is 0 Å². The second kappa shape index (κ2) is 4.69. The normalized spacial score (nSPS) is 26.4. The van der Waals surface area contributed by atoms with Gasteiger partial charge in [0.15, 0.2) is 11.5 Å². The minimum absolute atomic E-state index is 0.333. The van der Waals surface area contributed by atoms with Crippen molar-refractivity contribution in [2.75, 3.05) is 20.9 Å². The van der Waals surface area contributed by atoms with Gasteiger partial charge in [-0.3, -0.25) is 0 Å². The fraction of sp³-hybridized carbons (Fsp3) is 0.600. The van der Waals surface area contributed by atoms with E-state index >= 15 is 0 Å². The Morgan fingerprint density at radius 2 is 1.84 bits per heavy atom. The summed E-state index contributed by atoms with van der Waals surface area (Å²) >= 11 is 0. The lowest BCUT2D eigenvalue weighted by Crippen LogP contribution is -2.43. The summed E-state index contributed by atoms with van der Waals surface area (Å²) in [5.41, 5.74) is 8.56. The third-order valence-electron chi connectivity index (χ3n) is 4.29. The maximum absolute atomic E-state index is 5.95. The summed E-state index contributed by atoms with van der Waals surface area (Å²) in [6.07, 6.45) is 2.22. The number of hydrogen-bond donors (Lipinski definition) is 1. The summed E-state index contributed by atoms with van der Waals surface area (Å²) in [6, 6.07) is 5.02. The van der Waals surface area contributed by atoms with Crippen LogP contribution in [0.2, 0.25) is 0 Å². The molecule has 0 bridgehead atoms. The van der Waals surface area contributed by atoms with Crippen LogP contribution in [0.25, 0.3) is 0 Å². The first-order valence-corrected chi connectivity index (χ1v) is 6.88. The van der Waals surface area contributed by atoms with Crippen molar-refractivity contribution in [2.45, 2.75) is 31.8 Å². The predicted molar refractivity (Wildman–Crippen MR) is 74.4 cm³/mol. The van der Waals surface area contributed by atoms with Crippen LogP contribution in [-0.4, -0.2) is 31.8 Å². The molecule has 1 unspecified atom stereocenters. The van der Waals surface area contributed by atoms with E-state index in [4.69, 9.17) is 15.2 Å². The van der Waals surface area contributed by atoms with E-state index < -0.39 is 0 Å². The maximum Gasteiger partial charge on any atom is 0.231 e. The molecule has 0 saturated heterocycles. The second-order valence-corrected chi connectivity index (χ2v) is 5.96. The summed E-state index contributed by atoms with van der Waals surface area (Å²) in [7, 11) is 4.27. The highest BCUT2D eigenvalue weighted by atomic mass is 16.7. The maximum atomic E-state index is 5.95. The molecular formula is C15H22N2O2. The van der Waals surface area contributed by atoms with Crippen LogP contribution in [-0.2, 0) is 0 Å². The number of hydrogen-bond acceptors (Lipinski definition) is 4. The number of benzene rings is 1. The van der Waals surface area contributed by atoms with Crippen molar-refractivity contribution in [3.63, 3.8) is 0 Å². The first-order valence-electron chi connectivity index (χ1n) is 6.88. The molecule has 1 aliphatic heterocycles. The predicted octanol–water partition coefficient (Wildman–Crippen LogP) is 2.06. The largest absolute Gasteiger partial charge is 0.454 e. The van der Waals surface area contributed by atoms with Gasteiger partial charge in [0.2, 0.25) is 6.79 Å². The highest BCUT2D eigenvalue weighted by Gasteiger charge is 2.36. The van der Waals surface area contributed by atoms with Crippen molar-refractivity contribution in [3.05, 3.63) is 23.3 Å². The van der Waals surface area contributed by atoms with Gasteiger partial charge in [0.1, 0.15) is 0 Å². The van der Waals surface area contributed by atoms with Crippen molar-refractivity contribution in [1.82, 2.24) is 4.90 Å². The number of rotatable bonds is 3. The minimum atomic E-state index is 0.333. The van der Waals surface area contributed by atoms with Crippen LogP contribution >= 0.6 is 0 Å². The van der Waals surface area contributed by atoms with E-state index in [9.17, 15) is 0 Å². The zero-order chi connectivity index (χ0) is 13.6. The fourth-order valence-corrected chi connectivity index (χ4v) is 3.30. The summed E-state index contributed by atoms with van der Waals surface area (Å²) in [6.45, 7) is 2.48. The van der Waals surface area contributed by atoms with Crippen LogP contribution in [0.4, 0.5) is 0 Å². The van der Waals surface area contributed by atoms with E-state index in [0.29, 0.717) is 24.8 Å². The first-order chi connectivity index (χ1) is 9.06. The van der Waals surface area contributed by atoms with Crippen molar-refractivity contribution >= 4 is 0 Å². The van der Waals surface area contributed by atoms with E-state index in [1.165, 1.54) is 11.1 Å². The molecule has 2 N–H and O–H groups in total. The molecule has 1 aromatic rings. The molecule has 1 aromatic carbocycles. The monoisotopic (exact) mass is 262 g/mol. The van der Waals surface area contributed by atoms with E-state index in [-0.39, 0.29) is 0 Å². The number of ether oxygens (including phenoxy) is 2. The second-order valence-electron chi connectivity index (χ2n) is 5.96. The summed E-state index contributed by atoms with van der Waals surface area (Å²) in [4.78, 5) is 2.29. The molecule has 0 spiro atoms. The Balaban J connectivity index is 1.94. The molecule has 4 heteroatoms. The molecule has 1 heterocycles. The average Bonchev–Trinajstić information content (AvgIpc) is 2.73. The Morgan fingerprint density at radius 3 is 2.42 bits per heavy atom. The number of fused-ring (bicyclic) bond motifs is 1. The zero-order valence-corrected chi connectivity index (χ0v) is 11.8.